The first-order chi connectivity index (χ1) is 12.1. The van der Waals surface area contributed by atoms with E-state index in [9.17, 15) is 0 Å². The molecule has 0 spiro atoms. The molecule has 1 aliphatic rings. The SMILES string of the molecule is Cn1cc2cc(N)c(N3CCCC(CO[Si](C)(C)C(C)(C)C)C3)cc2n1. The minimum atomic E-state index is -1.69. The molecule has 1 atom stereocenters. The van der Waals surface area contributed by atoms with Gasteiger partial charge in [0.05, 0.1) is 16.9 Å². The number of aryl methyl sites for hydroxylation is 1. The zero-order valence-electron chi connectivity index (χ0n) is 17.2. The Kier molecular flexibility index (Phi) is 5.10. The van der Waals surface area contributed by atoms with Crippen molar-refractivity contribution in [2.24, 2.45) is 13.0 Å². The Bertz CT molecular complexity index is 778. The molecule has 0 aliphatic carbocycles. The number of nitrogens with two attached hydrogens (primary N) is 1. The van der Waals surface area contributed by atoms with Crippen molar-refractivity contribution in [1.82, 2.24) is 9.78 Å². The highest BCUT2D eigenvalue weighted by atomic mass is 28.4. The Morgan fingerprint density at radius 2 is 2.04 bits per heavy atom. The first kappa shape index (κ1) is 19.2. The van der Waals surface area contributed by atoms with Gasteiger partial charge in [-0.2, -0.15) is 5.10 Å². The Labute approximate surface area is 158 Å². The van der Waals surface area contributed by atoms with Gasteiger partial charge < -0.3 is 15.1 Å². The maximum atomic E-state index is 6.49. The summed E-state index contributed by atoms with van der Waals surface area (Å²) in [5.41, 5.74) is 9.34. The molecule has 2 N–H and O–H groups in total. The molecule has 2 heterocycles. The van der Waals surface area contributed by atoms with Crippen LogP contribution in [0.1, 0.15) is 33.6 Å². The number of rotatable bonds is 4. The van der Waals surface area contributed by atoms with Crippen LogP contribution in [0.15, 0.2) is 18.3 Å². The minimum Gasteiger partial charge on any atom is -0.416 e. The van der Waals surface area contributed by atoms with Gasteiger partial charge in [0.1, 0.15) is 0 Å². The van der Waals surface area contributed by atoms with E-state index in [4.69, 9.17) is 10.2 Å². The van der Waals surface area contributed by atoms with Crippen molar-refractivity contribution in [1.29, 1.82) is 0 Å². The molecule has 1 saturated heterocycles. The predicted molar refractivity (Wildman–Crippen MR) is 113 cm³/mol. The van der Waals surface area contributed by atoms with E-state index in [-0.39, 0.29) is 5.04 Å². The zero-order valence-corrected chi connectivity index (χ0v) is 18.2. The number of piperidine rings is 1. The molecule has 0 radical (unpaired) electrons. The van der Waals surface area contributed by atoms with Gasteiger partial charge in [0, 0.05) is 38.3 Å². The molecule has 0 bridgehead atoms. The molecule has 26 heavy (non-hydrogen) atoms. The summed E-state index contributed by atoms with van der Waals surface area (Å²) in [5.74, 6) is 0.566. The lowest BCUT2D eigenvalue weighted by atomic mass is 9.98. The lowest BCUT2D eigenvalue weighted by molar-refractivity contribution is 0.211. The second-order valence-electron chi connectivity index (χ2n) is 9.30. The normalized spacial score (nSPS) is 19.3. The standard InChI is InChI=1S/C20H34N4OSi/c1-20(2,3)26(5,6)25-14-15-8-7-9-24(12-15)19-11-18-16(10-17(19)21)13-23(4)22-18/h10-11,13,15H,7-9,12,14,21H2,1-6H3. The second-order valence-corrected chi connectivity index (χ2v) is 14.1. The van der Waals surface area contributed by atoms with Crippen LogP contribution in [0, 0.1) is 5.92 Å². The molecule has 1 fully saturated rings. The number of nitrogen functional groups attached to an aromatic ring is 1. The lowest BCUT2D eigenvalue weighted by Crippen LogP contribution is -2.44. The molecule has 1 aromatic heterocycles. The fraction of sp³-hybridized carbons (Fsp3) is 0.650. The number of fused-ring (bicyclic) bond motifs is 1. The maximum absolute atomic E-state index is 6.49. The first-order valence-electron chi connectivity index (χ1n) is 9.68. The largest absolute Gasteiger partial charge is 0.416 e. The van der Waals surface area contributed by atoms with Crippen LogP contribution >= 0.6 is 0 Å². The van der Waals surface area contributed by atoms with Gasteiger partial charge in [0.25, 0.3) is 0 Å². The van der Waals surface area contributed by atoms with Crippen molar-refractivity contribution >= 4 is 30.6 Å². The van der Waals surface area contributed by atoms with E-state index in [1.807, 2.05) is 24.0 Å². The Morgan fingerprint density at radius 3 is 2.73 bits per heavy atom. The molecule has 0 saturated carbocycles. The molecule has 5 nitrogen and oxygen atoms in total. The highest BCUT2D eigenvalue weighted by Crippen LogP contribution is 2.37. The second kappa shape index (κ2) is 6.89. The highest BCUT2D eigenvalue weighted by molar-refractivity contribution is 6.74. The van der Waals surface area contributed by atoms with Gasteiger partial charge in [-0.1, -0.05) is 20.8 Å². The van der Waals surface area contributed by atoms with Crippen molar-refractivity contribution in [2.45, 2.75) is 51.7 Å². The molecule has 1 unspecified atom stereocenters. The molecule has 1 aromatic carbocycles. The van der Waals surface area contributed by atoms with E-state index in [0.29, 0.717) is 5.92 Å². The van der Waals surface area contributed by atoms with Gasteiger partial charge in [-0.25, -0.2) is 0 Å². The number of nitrogens with zero attached hydrogens (tertiary/aromatic N) is 3. The number of anilines is 2. The highest BCUT2D eigenvalue weighted by Gasteiger charge is 2.38. The number of benzene rings is 1. The van der Waals surface area contributed by atoms with E-state index in [1.165, 1.54) is 12.8 Å². The summed E-state index contributed by atoms with van der Waals surface area (Å²) in [7, 11) is 0.259. The van der Waals surface area contributed by atoms with Crippen molar-refractivity contribution in [2.75, 3.05) is 30.3 Å². The summed E-state index contributed by atoms with van der Waals surface area (Å²) in [6.07, 6.45) is 4.43. The zero-order chi connectivity index (χ0) is 19.1. The number of hydrogen-bond acceptors (Lipinski definition) is 4. The molecule has 2 aromatic rings. The molecule has 1 aliphatic heterocycles. The number of aromatic nitrogens is 2. The van der Waals surface area contributed by atoms with Crippen molar-refractivity contribution in [3.05, 3.63) is 18.3 Å². The third-order valence-corrected chi connectivity index (χ3v) is 10.6. The van der Waals surface area contributed by atoms with Gasteiger partial charge in [-0.3, -0.25) is 4.68 Å². The molecule has 144 valence electrons. The van der Waals surface area contributed by atoms with Gasteiger partial charge in [0.15, 0.2) is 8.32 Å². The predicted octanol–water partition coefficient (Wildman–Crippen LogP) is 4.39. The monoisotopic (exact) mass is 374 g/mol. The average molecular weight is 375 g/mol. The van der Waals surface area contributed by atoms with Crippen LogP contribution in [0.5, 0.6) is 0 Å². The summed E-state index contributed by atoms with van der Waals surface area (Å²) in [4.78, 5) is 2.42. The van der Waals surface area contributed by atoms with Crippen LogP contribution < -0.4 is 10.6 Å². The average Bonchev–Trinajstić information content (AvgIpc) is 2.90. The van der Waals surface area contributed by atoms with Gasteiger partial charge >= 0.3 is 0 Å². The van der Waals surface area contributed by atoms with Gasteiger partial charge in [-0.15, -0.1) is 0 Å². The Balaban J connectivity index is 1.71. The van der Waals surface area contributed by atoms with Crippen molar-refractivity contribution in [3.63, 3.8) is 0 Å². The number of hydrogen-bond donors (Lipinski definition) is 1. The summed E-state index contributed by atoms with van der Waals surface area (Å²) in [5, 5.41) is 5.90. The topological polar surface area (TPSA) is 56.3 Å². The summed E-state index contributed by atoms with van der Waals surface area (Å²) >= 11 is 0. The van der Waals surface area contributed by atoms with Crippen LogP contribution in [0.2, 0.25) is 18.1 Å². The third-order valence-electron chi connectivity index (χ3n) is 6.11. The molecule has 3 rings (SSSR count). The van der Waals surface area contributed by atoms with Crippen LogP contribution in [-0.2, 0) is 11.5 Å². The van der Waals surface area contributed by atoms with E-state index in [0.717, 1.165) is 42.0 Å². The van der Waals surface area contributed by atoms with Crippen LogP contribution in [0.3, 0.4) is 0 Å². The van der Waals surface area contributed by atoms with Crippen LogP contribution in [-0.4, -0.2) is 37.8 Å². The van der Waals surface area contributed by atoms with Gasteiger partial charge in [-0.05, 0) is 49.0 Å². The Morgan fingerprint density at radius 1 is 1.31 bits per heavy atom. The van der Waals surface area contributed by atoms with Crippen molar-refractivity contribution in [3.8, 4) is 0 Å². The Hall–Kier alpha value is -1.53. The summed E-state index contributed by atoms with van der Waals surface area (Å²) < 4.78 is 8.33. The maximum Gasteiger partial charge on any atom is 0.191 e. The van der Waals surface area contributed by atoms with Gasteiger partial charge in [0.2, 0.25) is 0 Å². The molecular formula is C20H34N4OSi. The van der Waals surface area contributed by atoms with Crippen LogP contribution in [0.25, 0.3) is 10.9 Å². The third kappa shape index (κ3) is 3.91. The van der Waals surface area contributed by atoms with E-state index < -0.39 is 8.32 Å². The summed E-state index contributed by atoms with van der Waals surface area (Å²) in [6.45, 7) is 14.5. The fourth-order valence-corrected chi connectivity index (χ4v) is 4.52. The fourth-order valence-electron chi connectivity index (χ4n) is 3.44. The van der Waals surface area contributed by atoms with E-state index >= 15 is 0 Å². The van der Waals surface area contributed by atoms with Crippen molar-refractivity contribution < 1.29 is 4.43 Å². The quantitative estimate of drug-likeness (QED) is 0.637. The summed E-state index contributed by atoms with van der Waals surface area (Å²) in [6, 6.07) is 4.19. The molecular weight excluding hydrogens is 340 g/mol. The van der Waals surface area contributed by atoms with E-state index in [2.05, 4.69) is 49.9 Å². The minimum absolute atomic E-state index is 0.260. The first-order valence-corrected chi connectivity index (χ1v) is 12.6. The molecule has 6 heteroatoms. The molecule has 0 amide bonds. The smallest absolute Gasteiger partial charge is 0.191 e. The van der Waals surface area contributed by atoms with E-state index in [1.54, 1.807) is 0 Å². The van der Waals surface area contributed by atoms with Crippen LogP contribution in [0.4, 0.5) is 11.4 Å². The lowest BCUT2D eigenvalue weighted by Gasteiger charge is -2.40.